The van der Waals surface area contributed by atoms with Gasteiger partial charge in [0.25, 0.3) is 5.91 Å². The fraction of sp³-hybridized carbons (Fsp3) is 0.333. The van der Waals surface area contributed by atoms with Gasteiger partial charge in [0.1, 0.15) is 0 Å². The number of fused-ring (bicyclic) bond motifs is 1. The second-order valence-electron chi connectivity index (χ2n) is 5.49. The van der Waals surface area contributed by atoms with Crippen LogP contribution in [0.15, 0.2) is 42.5 Å². The van der Waals surface area contributed by atoms with E-state index in [4.69, 9.17) is 0 Å². The molecule has 0 aliphatic heterocycles. The van der Waals surface area contributed by atoms with Crippen LogP contribution in [-0.4, -0.2) is 50.4 Å². The van der Waals surface area contributed by atoms with Crippen molar-refractivity contribution in [2.45, 2.75) is 6.42 Å². The zero-order valence-electron chi connectivity index (χ0n) is 14.0. The molecular weight excluding hydrogens is 326 g/mol. The molecule has 2 rings (SSSR count). The third-order valence-electron chi connectivity index (χ3n) is 3.76. The molecule has 0 heterocycles. The van der Waals surface area contributed by atoms with E-state index in [2.05, 4.69) is 10.6 Å². The van der Waals surface area contributed by atoms with Crippen LogP contribution < -0.4 is 10.6 Å². The summed E-state index contributed by atoms with van der Waals surface area (Å²) in [5.74, 6) is -0.125. The summed E-state index contributed by atoms with van der Waals surface area (Å²) >= 11 is 0. The number of benzene rings is 2. The van der Waals surface area contributed by atoms with Crippen molar-refractivity contribution in [3.63, 3.8) is 0 Å². The maximum atomic E-state index is 12.2. The Labute approximate surface area is 148 Å². The van der Waals surface area contributed by atoms with Crippen LogP contribution in [0, 0.1) is 0 Å². The summed E-state index contributed by atoms with van der Waals surface area (Å²) < 4.78 is 0. The monoisotopic (exact) mass is 349 g/mol. The van der Waals surface area contributed by atoms with Crippen LogP contribution in [0.25, 0.3) is 10.8 Å². The van der Waals surface area contributed by atoms with Crippen molar-refractivity contribution in [3.8, 4) is 0 Å². The average molecular weight is 350 g/mol. The normalized spacial score (nSPS) is 10.1. The van der Waals surface area contributed by atoms with Gasteiger partial charge < -0.3 is 15.5 Å². The molecule has 0 saturated carbocycles. The van der Waals surface area contributed by atoms with Crippen molar-refractivity contribution in [1.82, 2.24) is 15.5 Å². The van der Waals surface area contributed by atoms with Crippen LogP contribution in [0.5, 0.6) is 0 Å². The molecule has 0 radical (unpaired) electrons. The Hall–Kier alpha value is -2.11. The van der Waals surface area contributed by atoms with E-state index in [0.29, 0.717) is 25.1 Å². The number of nitrogens with one attached hydrogen (secondary N) is 2. The van der Waals surface area contributed by atoms with Crippen molar-refractivity contribution >= 4 is 35.0 Å². The Morgan fingerprint density at radius 2 is 1.75 bits per heavy atom. The number of hydrogen-bond acceptors (Lipinski definition) is 3. The van der Waals surface area contributed by atoms with E-state index in [1.54, 1.807) is 18.0 Å². The van der Waals surface area contributed by atoms with Gasteiger partial charge in [0.2, 0.25) is 5.91 Å². The lowest BCUT2D eigenvalue weighted by Crippen LogP contribution is -2.35. The van der Waals surface area contributed by atoms with Crippen molar-refractivity contribution < 1.29 is 9.59 Å². The molecule has 0 aromatic heterocycles. The van der Waals surface area contributed by atoms with E-state index in [9.17, 15) is 9.59 Å². The largest absolute Gasteiger partial charge is 0.352 e. The van der Waals surface area contributed by atoms with E-state index in [0.717, 1.165) is 17.3 Å². The van der Waals surface area contributed by atoms with Gasteiger partial charge in [0.05, 0.1) is 0 Å². The predicted octanol–water partition coefficient (Wildman–Crippen LogP) is 2.06. The first-order chi connectivity index (χ1) is 11.1. The minimum atomic E-state index is -0.151. The van der Waals surface area contributed by atoms with E-state index in [1.165, 1.54) is 0 Å². The highest BCUT2D eigenvalue weighted by Gasteiger charge is 2.10. The minimum absolute atomic E-state index is 0. The summed E-state index contributed by atoms with van der Waals surface area (Å²) in [5.41, 5.74) is 0.611. The fourth-order valence-corrected chi connectivity index (χ4v) is 2.31. The first kappa shape index (κ1) is 19.9. The third-order valence-corrected chi connectivity index (χ3v) is 3.76. The molecule has 0 aliphatic carbocycles. The number of nitrogens with zero attached hydrogens (tertiary/aromatic N) is 1. The Morgan fingerprint density at radius 3 is 2.46 bits per heavy atom. The summed E-state index contributed by atoms with van der Waals surface area (Å²) in [4.78, 5) is 25.7. The van der Waals surface area contributed by atoms with Crippen LogP contribution in [0.4, 0.5) is 0 Å². The molecule has 0 saturated heterocycles. The highest BCUT2D eigenvalue weighted by molar-refractivity contribution is 5.98. The second-order valence-corrected chi connectivity index (χ2v) is 5.49. The highest BCUT2D eigenvalue weighted by atomic mass is 35.5. The molecule has 0 aliphatic rings. The van der Waals surface area contributed by atoms with Crippen molar-refractivity contribution in [2.75, 3.05) is 33.7 Å². The van der Waals surface area contributed by atoms with E-state index in [1.807, 2.05) is 43.4 Å². The number of hydrogen-bond donors (Lipinski definition) is 2. The van der Waals surface area contributed by atoms with Gasteiger partial charge in [-0.2, -0.15) is 0 Å². The third kappa shape index (κ3) is 5.51. The molecule has 0 atom stereocenters. The van der Waals surface area contributed by atoms with Crippen molar-refractivity contribution in [3.05, 3.63) is 48.0 Å². The van der Waals surface area contributed by atoms with Gasteiger partial charge in [-0.25, -0.2) is 0 Å². The number of likely N-dealkylation sites (N-methyl/N-ethyl adjacent to an activating group) is 2. The van der Waals surface area contributed by atoms with Gasteiger partial charge in [0.15, 0.2) is 0 Å². The fourth-order valence-electron chi connectivity index (χ4n) is 2.31. The van der Waals surface area contributed by atoms with Crippen LogP contribution >= 0.6 is 12.4 Å². The standard InChI is InChI=1S/C18H23N3O2.ClH/c1-19-11-12-21(2)17(22)9-10-20-18(23)16-8-7-14-5-3-4-6-15(14)13-16;/h3-8,13,19H,9-12H2,1-2H3,(H,20,23);1H. The molecule has 0 spiro atoms. The van der Waals surface area contributed by atoms with Gasteiger partial charge in [-0.15, -0.1) is 12.4 Å². The molecule has 24 heavy (non-hydrogen) atoms. The van der Waals surface area contributed by atoms with Crippen LogP contribution in [0.1, 0.15) is 16.8 Å². The topological polar surface area (TPSA) is 61.4 Å². The quantitative estimate of drug-likeness (QED) is 0.804. The van der Waals surface area contributed by atoms with Crippen molar-refractivity contribution in [1.29, 1.82) is 0 Å². The molecule has 2 amide bonds. The van der Waals surface area contributed by atoms with Crippen molar-refractivity contribution in [2.24, 2.45) is 0 Å². The van der Waals surface area contributed by atoms with Gasteiger partial charge in [-0.3, -0.25) is 9.59 Å². The van der Waals surface area contributed by atoms with Gasteiger partial charge in [-0.05, 0) is 30.0 Å². The average Bonchev–Trinajstić information content (AvgIpc) is 2.58. The number of carbonyl (C=O) groups excluding carboxylic acids is 2. The molecule has 2 aromatic carbocycles. The van der Waals surface area contributed by atoms with Crippen LogP contribution in [-0.2, 0) is 4.79 Å². The molecule has 6 heteroatoms. The summed E-state index contributed by atoms with van der Waals surface area (Å²) in [6.07, 6.45) is 0.305. The molecule has 2 aromatic rings. The van der Waals surface area contributed by atoms with Crippen LogP contribution in [0.3, 0.4) is 0 Å². The lowest BCUT2D eigenvalue weighted by atomic mass is 10.1. The van der Waals surface area contributed by atoms with E-state index < -0.39 is 0 Å². The van der Waals surface area contributed by atoms with Gasteiger partial charge >= 0.3 is 0 Å². The summed E-state index contributed by atoms with van der Waals surface area (Å²) in [5, 5.41) is 7.94. The number of halogens is 1. The van der Waals surface area contributed by atoms with E-state index >= 15 is 0 Å². The molecule has 2 N–H and O–H groups in total. The van der Waals surface area contributed by atoms with Gasteiger partial charge in [0, 0.05) is 38.7 Å². The first-order valence-corrected chi connectivity index (χ1v) is 7.77. The van der Waals surface area contributed by atoms with E-state index in [-0.39, 0.29) is 24.2 Å². The molecule has 0 unspecified atom stereocenters. The Kier molecular flexibility index (Phi) is 8.22. The predicted molar refractivity (Wildman–Crippen MR) is 99.7 cm³/mol. The Morgan fingerprint density at radius 1 is 1.04 bits per heavy atom. The number of carbonyl (C=O) groups is 2. The Bertz CT molecular complexity index is 691. The zero-order valence-corrected chi connectivity index (χ0v) is 14.9. The lowest BCUT2D eigenvalue weighted by Gasteiger charge is -2.17. The smallest absolute Gasteiger partial charge is 0.251 e. The Balaban J connectivity index is 0.00000288. The first-order valence-electron chi connectivity index (χ1n) is 7.77. The SMILES string of the molecule is CNCCN(C)C(=O)CCNC(=O)c1ccc2ccccc2c1.Cl. The molecule has 130 valence electrons. The minimum Gasteiger partial charge on any atom is -0.352 e. The maximum Gasteiger partial charge on any atom is 0.251 e. The molecular formula is C18H24ClN3O2. The highest BCUT2D eigenvalue weighted by Crippen LogP contribution is 2.15. The molecule has 5 nitrogen and oxygen atoms in total. The molecule has 0 fully saturated rings. The maximum absolute atomic E-state index is 12.2. The lowest BCUT2D eigenvalue weighted by molar-refractivity contribution is -0.129. The summed E-state index contributed by atoms with van der Waals surface area (Å²) in [6.45, 7) is 1.76. The number of rotatable bonds is 7. The molecule has 0 bridgehead atoms. The summed E-state index contributed by atoms with van der Waals surface area (Å²) in [6, 6.07) is 13.5. The van der Waals surface area contributed by atoms with Gasteiger partial charge in [-0.1, -0.05) is 30.3 Å². The van der Waals surface area contributed by atoms with Crippen LogP contribution in [0.2, 0.25) is 0 Å². The zero-order chi connectivity index (χ0) is 16.7. The second kappa shape index (κ2) is 9.90. The number of amides is 2. The summed E-state index contributed by atoms with van der Waals surface area (Å²) in [7, 11) is 3.62.